The van der Waals surface area contributed by atoms with Crippen LogP contribution in [0.3, 0.4) is 0 Å². The Kier molecular flexibility index (Phi) is 9.55. The molecule has 1 aliphatic rings. The van der Waals surface area contributed by atoms with Gasteiger partial charge in [-0.3, -0.25) is 4.90 Å². The minimum atomic E-state index is -5.08. The second-order valence-electron chi connectivity index (χ2n) is 6.44. The van der Waals surface area contributed by atoms with Crippen LogP contribution in [0.1, 0.15) is 22.4 Å². The zero-order chi connectivity index (χ0) is 22.9. The molecule has 13 heteroatoms. The van der Waals surface area contributed by atoms with E-state index in [0.29, 0.717) is 13.2 Å². The van der Waals surface area contributed by atoms with Crippen LogP contribution in [0.4, 0.5) is 19.0 Å². The Hall–Kier alpha value is -2.35. The highest BCUT2D eigenvalue weighted by Gasteiger charge is 2.38. The van der Waals surface area contributed by atoms with Crippen molar-refractivity contribution in [1.29, 1.82) is 0 Å². The first-order valence-corrected chi connectivity index (χ1v) is 10.2. The molecule has 9 nitrogen and oxygen atoms in total. The molecule has 0 spiro atoms. The van der Waals surface area contributed by atoms with Gasteiger partial charge in [-0.05, 0) is 13.0 Å². The second kappa shape index (κ2) is 11.9. The first kappa shape index (κ1) is 24.9. The van der Waals surface area contributed by atoms with Gasteiger partial charge in [-0.25, -0.2) is 19.7 Å². The Morgan fingerprint density at radius 1 is 1.45 bits per heavy atom. The molecule has 1 atom stereocenters. The summed E-state index contributed by atoms with van der Waals surface area (Å²) in [5.41, 5.74) is 3.00. The number of aliphatic carboxylic acids is 1. The van der Waals surface area contributed by atoms with Crippen molar-refractivity contribution < 1.29 is 32.5 Å². The van der Waals surface area contributed by atoms with Crippen LogP contribution in [0.5, 0.6) is 0 Å². The summed E-state index contributed by atoms with van der Waals surface area (Å²) in [6, 6.07) is 1.94. The van der Waals surface area contributed by atoms with Crippen LogP contribution >= 0.6 is 11.3 Å². The lowest BCUT2D eigenvalue weighted by Crippen LogP contribution is -2.39. The Balaban J connectivity index is 0.000000423. The number of carboxylic acids is 1. The number of anilines is 1. The van der Waals surface area contributed by atoms with Crippen molar-refractivity contribution in [2.75, 3.05) is 45.3 Å². The van der Waals surface area contributed by atoms with Crippen molar-refractivity contribution >= 4 is 23.1 Å². The summed E-state index contributed by atoms with van der Waals surface area (Å²) in [6.07, 6.45) is -3.29. The summed E-state index contributed by atoms with van der Waals surface area (Å²) >= 11 is 1.70. The third-order valence-electron chi connectivity index (χ3n) is 4.26. The molecule has 172 valence electrons. The lowest BCUT2D eigenvalue weighted by molar-refractivity contribution is -0.192. The number of carbonyl (C=O) groups is 1. The number of nitrogens with one attached hydrogen (secondary N) is 1. The van der Waals surface area contributed by atoms with Crippen LogP contribution in [0, 0.1) is 6.92 Å². The molecular formula is C18H24F3N5O4S. The summed E-state index contributed by atoms with van der Waals surface area (Å²) in [5.74, 6) is -1.15. The van der Waals surface area contributed by atoms with Gasteiger partial charge < -0.3 is 19.9 Å². The molecule has 1 aliphatic heterocycles. The molecule has 1 unspecified atom stereocenters. The molecule has 3 rings (SSSR count). The Bertz CT molecular complexity index is 837. The molecular weight excluding hydrogens is 439 g/mol. The number of ether oxygens (including phenoxy) is 2. The van der Waals surface area contributed by atoms with E-state index in [2.05, 4.69) is 32.1 Å². The fraction of sp³-hybridized carbons (Fsp3) is 0.556. The van der Waals surface area contributed by atoms with E-state index in [-0.39, 0.29) is 6.04 Å². The quantitative estimate of drug-likeness (QED) is 0.599. The normalized spacial score (nSPS) is 17.0. The highest BCUT2D eigenvalue weighted by atomic mass is 32.1. The maximum atomic E-state index is 10.6. The molecule has 3 heterocycles. The average Bonchev–Trinajstić information content (AvgIpc) is 3.13. The summed E-state index contributed by atoms with van der Waals surface area (Å²) in [6.45, 7) is 6.49. The molecule has 0 saturated carbocycles. The Labute approximate surface area is 181 Å². The summed E-state index contributed by atoms with van der Waals surface area (Å²) in [7, 11) is 1.69. The van der Waals surface area contributed by atoms with E-state index >= 15 is 0 Å². The van der Waals surface area contributed by atoms with Gasteiger partial charge in [0.05, 0.1) is 37.1 Å². The highest BCUT2D eigenvalue weighted by Crippen LogP contribution is 2.26. The minimum absolute atomic E-state index is 0.0597. The summed E-state index contributed by atoms with van der Waals surface area (Å²) in [4.78, 5) is 26.0. The van der Waals surface area contributed by atoms with Crippen LogP contribution in [-0.4, -0.2) is 77.1 Å². The van der Waals surface area contributed by atoms with Crippen LogP contribution in [-0.2, 0) is 20.8 Å². The summed E-state index contributed by atoms with van der Waals surface area (Å²) < 4.78 is 42.5. The number of thiazole rings is 1. The SMILES string of the molecule is COCCNc1ccnc(C2COCCN2Cc2scnc2C)n1.O=C(O)C(F)(F)F. The molecule has 1 fully saturated rings. The molecule has 0 radical (unpaired) electrons. The van der Waals surface area contributed by atoms with Crippen molar-refractivity contribution in [3.63, 3.8) is 0 Å². The highest BCUT2D eigenvalue weighted by molar-refractivity contribution is 7.09. The van der Waals surface area contributed by atoms with Gasteiger partial charge >= 0.3 is 12.1 Å². The third kappa shape index (κ3) is 8.01. The van der Waals surface area contributed by atoms with E-state index in [1.54, 1.807) is 24.6 Å². The van der Waals surface area contributed by atoms with Crippen LogP contribution < -0.4 is 5.32 Å². The zero-order valence-electron chi connectivity index (χ0n) is 17.1. The fourth-order valence-corrected chi connectivity index (χ4v) is 3.44. The molecule has 0 aromatic carbocycles. The molecule has 0 amide bonds. The Morgan fingerprint density at radius 3 is 2.81 bits per heavy atom. The average molecular weight is 463 g/mol. The van der Waals surface area contributed by atoms with Crippen molar-refractivity contribution in [2.24, 2.45) is 0 Å². The molecule has 31 heavy (non-hydrogen) atoms. The lowest BCUT2D eigenvalue weighted by atomic mass is 10.2. The Morgan fingerprint density at radius 2 is 2.19 bits per heavy atom. The number of aromatic nitrogens is 3. The van der Waals surface area contributed by atoms with Gasteiger partial charge in [0.25, 0.3) is 0 Å². The first-order chi connectivity index (χ1) is 14.7. The van der Waals surface area contributed by atoms with Crippen LogP contribution in [0.25, 0.3) is 0 Å². The van der Waals surface area contributed by atoms with E-state index in [1.807, 2.05) is 11.6 Å². The molecule has 0 bridgehead atoms. The number of rotatable bonds is 7. The predicted molar refractivity (Wildman–Crippen MR) is 107 cm³/mol. The summed E-state index contributed by atoms with van der Waals surface area (Å²) in [5, 5.41) is 10.4. The topological polar surface area (TPSA) is 110 Å². The smallest absolute Gasteiger partial charge is 0.475 e. The number of halogens is 3. The number of nitrogens with zero attached hydrogens (tertiary/aromatic N) is 4. The molecule has 2 N–H and O–H groups in total. The second-order valence-corrected chi connectivity index (χ2v) is 7.38. The maximum Gasteiger partial charge on any atom is 0.490 e. The molecule has 0 aliphatic carbocycles. The fourth-order valence-electron chi connectivity index (χ4n) is 2.64. The number of alkyl halides is 3. The molecule has 1 saturated heterocycles. The monoisotopic (exact) mass is 463 g/mol. The van der Waals surface area contributed by atoms with Crippen molar-refractivity contribution in [2.45, 2.75) is 25.7 Å². The third-order valence-corrected chi connectivity index (χ3v) is 5.18. The van der Waals surface area contributed by atoms with E-state index in [0.717, 1.165) is 43.6 Å². The van der Waals surface area contributed by atoms with Gasteiger partial charge in [0.15, 0.2) is 0 Å². The van der Waals surface area contributed by atoms with Gasteiger partial charge in [-0.1, -0.05) is 0 Å². The molecule has 2 aromatic rings. The van der Waals surface area contributed by atoms with E-state index in [9.17, 15) is 13.2 Å². The van der Waals surface area contributed by atoms with Crippen LogP contribution in [0.2, 0.25) is 0 Å². The van der Waals surface area contributed by atoms with Gasteiger partial charge in [-0.15, -0.1) is 11.3 Å². The number of methoxy groups -OCH3 is 1. The molecule has 2 aromatic heterocycles. The number of morpholine rings is 1. The first-order valence-electron chi connectivity index (χ1n) is 9.29. The van der Waals surface area contributed by atoms with E-state index in [4.69, 9.17) is 19.4 Å². The standard InChI is InChI=1S/C16H23N5O2S.C2HF3O2/c1-12-14(24-11-19-12)9-21-6-8-23-10-13(21)16-18-4-3-15(20-16)17-5-7-22-2;3-2(4,5)1(6)7/h3-4,11,13H,5-10H2,1-2H3,(H,17,18,20);(H,6,7). The maximum absolute atomic E-state index is 10.6. The van der Waals surface area contributed by atoms with Gasteiger partial charge in [0, 0.05) is 37.8 Å². The number of hydrogen-bond donors (Lipinski definition) is 2. The van der Waals surface area contributed by atoms with Gasteiger partial charge in [-0.2, -0.15) is 13.2 Å². The van der Waals surface area contributed by atoms with Gasteiger partial charge in [0.1, 0.15) is 11.6 Å². The minimum Gasteiger partial charge on any atom is -0.475 e. The van der Waals surface area contributed by atoms with Crippen molar-refractivity contribution in [1.82, 2.24) is 19.9 Å². The van der Waals surface area contributed by atoms with Crippen molar-refractivity contribution in [3.8, 4) is 0 Å². The van der Waals surface area contributed by atoms with Crippen molar-refractivity contribution in [3.05, 3.63) is 34.2 Å². The van der Waals surface area contributed by atoms with E-state index in [1.165, 1.54) is 4.88 Å². The van der Waals surface area contributed by atoms with Crippen LogP contribution in [0.15, 0.2) is 17.8 Å². The number of carboxylic acid groups (broad SMARTS) is 1. The zero-order valence-corrected chi connectivity index (χ0v) is 17.9. The lowest BCUT2D eigenvalue weighted by Gasteiger charge is -2.34. The van der Waals surface area contributed by atoms with Gasteiger partial charge in [0.2, 0.25) is 0 Å². The number of aryl methyl sites for hydroxylation is 1. The largest absolute Gasteiger partial charge is 0.490 e. The number of hydrogen-bond acceptors (Lipinski definition) is 9. The van der Waals surface area contributed by atoms with E-state index < -0.39 is 12.1 Å². The predicted octanol–water partition coefficient (Wildman–Crippen LogP) is 2.51.